The highest BCUT2D eigenvalue weighted by molar-refractivity contribution is 5.86. The highest BCUT2D eigenvalue weighted by Gasteiger charge is 2.37. The first-order valence-electron chi connectivity index (χ1n) is 5.41. The normalized spacial score (nSPS) is 32.0. The van der Waals surface area contributed by atoms with E-state index in [1.54, 1.807) is 4.90 Å². The van der Waals surface area contributed by atoms with E-state index in [2.05, 4.69) is 5.32 Å². The summed E-state index contributed by atoms with van der Waals surface area (Å²) in [5.74, 6) is -1.36. The van der Waals surface area contributed by atoms with Crippen LogP contribution in [-0.4, -0.2) is 47.6 Å². The molecule has 2 heterocycles. The van der Waals surface area contributed by atoms with Crippen molar-refractivity contribution in [2.75, 3.05) is 19.6 Å². The number of hydrogen-bond acceptors (Lipinski definition) is 3. The number of nitrogens with one attached hydrogen (secondary N) is 1. The van der Waals surface area contributed by atoms with Crippen molar-refractivity contribution in [2.24, 2.45) is 5.92 Å². The van der Waals surface area contributed by atoms with Crippen LogP contribution in [0.4, 0.5) is 0 Å². The van der Waals surface area contributed by atoms with Crippen LogP contribution in [-0.2, 0) is 9.59 Å². The molecule has 0 bridgehead atoms. The summed E-state index contributed by atoms with van der Waals surface area (Å²) in [6.45, 7) is 2.19. The Balaban J connectivity index is 1.97. The Morgan fingerprint density at radius 2 is 2.33 bits per heavy atom. The van der Waals surface area contributed by atoms with Gasteiger partial charge in [0.2, 0.25) is 5.91 Å². The molecular formula is C10H16N2O3. The van der Waals surface area contributed by atoms with Crippen molar-refractivity contribution in [3.8, 4) is 0 Å². The summed E-state index contributed by atoms with van der Waals surface area (Å²) in [5, 5.41) is 12.1. The number of amides is 1. The molecule has 2 saturated heterocycles. The lowest BCUT2D eigenvalue weighted by Crippen LogP contribution is -2.46. The highest BCUT2D eigenvalue weighted by Crippen LogP contribution is 2.23. The lowest BCUT2D eigenvalue weighted by Gasteiger charge is -2.31. The third kappa shape index (κ3) is 2.12. The molecule has 5 heteroatoms. The van der Waals surface area contributed by atoms with E-state index >= 15 is 0 Å². The van der Waals surface area contributed by atoms with Crippen molar-refractivity contribution >= 4 is 11.9 Å². The monoisotopic (exact) mass is 212 g/mol. The molecule has 0 aliphatic carbocycles. The molecule has 0 spiro atoms. The van der Waals surface area contributed by atoms with E-state index < -0.39 is 11.9 Å². The molecule has 5 nitrogen and oxygen atoms in total. The Bertz CT molecular complexity index is 274. The molecule has 2 fully saturated rings. The van der Waals surface area contributed by atoms with Gasteiger partial charge in [0.05, 0.1) is 5.92 Å². The number of piperidine rings is 1. The number of carbonyl (C=O) groups excluding carboxylic acids is 1. The molecule has 1 amide bonds. The Labute approximate surface area is 88.4 Å². The van der Waals surface area contributed by atoms with Gasteiger partial charge in [0.1, 0.15) is 0 Å². The zero-order chi connectivity index (χ0) is 10.8. The standard InChI is InChI=1S/C10H16N2O3/c13-9-4-7(10(14)15)6-12(9)8-2-1-3-11-5-8/h7-8,11H,1-6H2,(H,14,15). The Kier molecular flexibility index (Phi) is 2.90. The number of hydrogen-bond donors (Lipinski definition) is 2. The van der Waals surface area contributed by atoms with Gasteiger partial charge in [0.15, 0.2) is 0 Å². The quantitative estimate of drug-likeness (QED) is 0.657. The van der Waals surface area contributed by atoms with Crippen LogP contribution in [0.25, 0.3) is 0 Å². The maximum absolute atomic E-state index is 11.6. The molecule has 2 unspecified atom stereocenters. The summed E-state index contributed by atoms with van der Waals surface area (Å²) in [6.07, 6.45) is 2.23. The molecule has 2 atom stereocenters. The Hall–Kier alpha value is -1.10. The molecule has 15 heavy (non-hydrogen) atoms. The van der Waals surface area contributed by atoms with Gasteiger partial charge in [-0.1, -0.05) is 0 Å². The number of carboxylic acids is 1. The molecule has 2 aliphatic rings. The van der Waals surface area contributed by atoms with Crippen LogP contribution in [0.1, 0.15) is 19.3 Å². The van der Waals surface area contributed by atoms with Crippen molar-refractivity contribution < 1.29 is 14.7 Å². The van der Waals surface area contributed by atoms with Gasteiger partial charge in [0, 0.05) is 25.6 Å². The number of carbonyl (C=O) groups is 2. The van der Waals surface area contributed by atoms with E-state index in [9.17, 15) is 9.59 Å². The minimum atomic E-state index is -0.852. The van der Waals surface area contributed by atoms with Gasteiger partial charge in [-0.25, -0.2) is 0 Å². The smallest absolute Gasteiger partial charge is 0.308 e. The number of rotatable bonds is 2. The zero-order valence-electron chi connectivity index (χ0n) is 8.61. The Morgan fingerprint density at radius 1 is 1.53 bits per heavy atom. The Morgan fingerprint density at radius 3 is 2.87 bits per heavy atom. The second kappa shape index (κ2) is 4.18. The lowest BCUT2D eigenvalue weighted by atomic mass is 10.1. The second-order valence-corrected chi connectivity index (χ2v) is 4.29. The summed E-state index contributed by atoms with van der Waals surface area (Å²) in [4.78, 5) is 24.1. The predicted molar refractivity (Wildman–Crippen MR) is 53.3 cm³/mol. The number of nitrogens with zero attached hydrogens (tertiary/aromatic N) is 1. The summed E-state index contributed by atoms with van der Waals surface area (Å²) in [7, 11) is 0. The molecule has 2 rings (SSSR count). The van der Waals surface area contributed by atoms with Gasteiger partial charge >= 0.3 is 5.97 Å². The van der Waals surface area contributed by atoms with Crippen LogP contribution < -0.4 is 5.32 Å². The fourth-order valence-electron chi connectivity index (χ4n) is 2.35. The minimum Gasteiger partial charge on any atom is -0.481 e. The van der Waals surface area contributed by atoms with Crippen LogP contribution in [0.3, 0.4) is 0 Å². The third-order valence-electron chi connectivity index (χ3n) is 3.22. The largest absolute Gasteiger partial charge is 0.481 e. The zero-order valence-corrected chi connectivity index (χ0v) is 8.61. The molecule has 2 N–H and O–H groups in total. The number of likely N-dealkylation sites (tertiary alicyclic amines) is 1. The molecule has 84 valence electrons. The highest BCUT2D eigenvalue weighted by atomic mass is 16.4. The topological polar surface area (TPSA) is 69.6 Å². The molecule has 0 aromatic carbocycles. The van der Waals surface area contributed by atoms with E-state index in [1.165, 1.54) is 0 Å². The maximum Gasteiger partial charge on any atom is 0.308 e. The van der Waals surface area contributed by atoms with E-state index in [-0.39, 0.29) is 18.4 Å². The molecule has 0 aromatic rings. The van der Waals surface area contributed by atoms with Gasteiger partial charge in [-0.05, 0) is 19.4 Å². The van der Waals surface area contributed by atoms with Crippen molar-refractivity contribution in [1.29, 1.82) is 0 Å². The lowest BCUT2D eigenvalue weighted by molar-refractivity contribution is -0.141. The maximum atomic E-state index is 11.6. The van der Waals surface area contributed by atoms with Crippen molar-refractivity contribution in [3.05, 3.63) is 0 Å². The summed E-state index contributed by atoms with van der Waals surface area (Å²) < 4.78 is 0. The van der Waals surface area contributed by atoms with Crippen LogP contribution in [0, 0.1) is 5.92 Å². The fraction of sp³-hybridized carbons (Fsp3) is 0.800. The van der Waals surface area contributed by atoms with Gasteiger partial charge < -0.3 is 15.3 Å². The molecule has 2 aliphatic heterocycles. The van der Waals surface area contributed by atoms with Gasteiger partial charge in [-0.2, -0.15) is 0 Å². The number of carboxylic acid groups (broad SMARTS) is 1. The SMILES string of the molecule is O=C(O)C1CC(=O)N(C2CCCNC2)C1. The summed E-state index contributed by atoms with van der Waals surface area (Å²) >= 11 is 0. The molecule has 0 radical (unpaired) electrons. The first kappa shape index (κ1) is 10.4. The summed E-state index contributed by atoms with van der Waals surface area (Å²) in [5.41, 5.74) is 0. The van der Waals surface area contributed by atoms with Crippen LogP contribution >= 0.6 is 0 Å². The summed E-state index contributed by atoms with van der Waals surface area (Å²) in [6, 6.07) is 0.204. The van der Waals surface area contributed by atoms with E-state index in [0.717, 1.165) is 25.9 Å². The van der Waals surface area contributed by atoms with Crippen LogP contribution in [0.2, 0.25) is 0 Å². The molecule has 0 saturated carbocycles. The second-order valence-electron chi connectivity index (χ2n) is 4.29. The fourth-order valence-corrected chi connectivity index (χ4v) is 2.35. The molecular weight excluding hydrogens is 196 g/mol. The van der Waals surface area contributed by atoms with Crippen molar-refractivity contribution in [3.63, 3.8) is 0 Å². The average molecular weight is 212 g/mol. The average Bonchev–Trinajstić information content (AvgIpc) is 2.62. The third-order valence-corrected chi connectivity index (χ3v) is 3.22. The van der Waals surface area contributed by atoms with E-state index in [0.29, 0.717) is 6.54 Å². The van der Waals surface area contributed by atoms with Gasteiger partial charge in [0.25, 0.3) is 0 Å². The van der Waals surface area contributed by atoms with E-state index in [1.807, 2.05) is 0 Å². The van der Waals surface area contributed by atoms with Crippen molar-refractivity contribution in [2.45, 2.75) is 25.3 Å². The predicted octanol–water partition coefficient (Wildman–Crippen LogP) is -0.329. The van der Waals surface area contributed by atoms with E-state index in [4.69, 9.17) is 5.11 Å². The first-order valence-corrected chi connectivity index (χ1v) is 5.41. The first-order chi connectivity index (χ1) is 7.18. The van der Waals surface area contributed by atoms with Crippen molar-refractivity contribution in [1.82, 2.24) is 10.2 Å². The number of aliphatic carboxylic acids is 1. The molecule has 0 aromatic heterocycles. The van der Waals surface area contributed by atoms with Crippen LogP contribution in [0.5, 0.6) is 0 Å². The van der Waals surface area contributed by atoms with Gasteiger partial charge in [-0.15, -0.1) is 0 Å². The van der Waals surface area contributed by atoms with Crippen LogP contribution in [0.15, 0.2) is 0 Å². The minimum absolute atomic E-state index is 0.00361. The van der Waals surface area contributed by atoms with Gasteiger partial charge in [-0.3, -0.25) is 9.59 Å².